The van der Waals surface area contributed by atoms with Gasteiger partial charge in [-0.2, -0.15) is 11.3 Å². The standard InChI is InChI=1S/C13H13BrClNS/c14-10-2-3-12(15)11(7-10)13(16)4-1-9-5-6-17-8-9/h2-3,5-8,13H,1,4,16H2. The molecule has 1 aromatic heterocycles. The van der Waals surface area contributed by atoms with E-state index in [2.05, 4.69) is 32.8 Å². The van der Waals surface area contributed by atoms with Crippen LogP contribution in [0.3, 0.4) is 0 Å². The summed E-state index contributed by atoms with van der Waals surface area (Å²) in [5.74, 6) is 0. The lowest BCUT2D eigenvalue weighted by Crippen LogP contribution is -2.11. The highest BCUT2D eigenvalue weighted by Crippen LogP contribution is 2.28. The molecule has 2 aromatic rings. The van der Waals surface area contributed by atoms with E-state index in [1.165, 1.54) is 5.56 Å². The van der Waals surface area contributed by atoms with Crippen molar-refractivity contribution in [1.29, 1.82) is 0 Å². The van der Waals surface area contributed by atoms with E-state index in [-0.39, 0.29) is 6.04 Å². The van der Waals surface area contributed by atoms with Gasteiger partial charge in [0.2, 0.25) is 0 Å². The number of aryl methyl sites for hydroxylation is 1. The van der Waals surface area contributed by atoms with Crippen molar-refractivity contribution < 1.29 is 0 Å². The molecule has 0 saturated heterocycles. The number of nitrogens with two attached hydrogens (primary N) is 1. The van der Waals surface area contributed by atoms with Crippen LogP contribution < -0.4 is 5.73 Å². The minimum Gasteiger partial charge on any atom is -0.324 e. The van der Waals surface area contributed by atoms with Crippen LogP contribution in [-0.2, 0) is 6.42 Å². The first-order chi connectivity index (χ1) is 8.16. The molecule has 2 rings (SSSR count). The van der Waals surface area contributed by atoms with E-state index in [0.29, 0.717) is 0 Å². The lowest BCUT2D eigenvalue weighted by atomic mass is 10.0. The number of rotatable bonds is 4. The van der Waals surface area contributed by atoms with Gasteiger partial charge in [0.1, 0.15) is 0 Å². The molecule has 90 valence electrons. The van der Waals surface area contributed by atoms with E-state index < -0.39 is 0 Å². The Labute approximate surface area is 119 Å². The summed E-state index contributed by atoms with van der Waals surface area (Å²) in [6.07, 6.45) is 1.90. The molecule has 1 atom stereocenters. The lowest BCUT2D eigenvalue weighted by Gasteiger charge is -2.13. The third kappa shape index (κ3) is 3.55. The maximum Gasteiger partial charge on any atom is 0.0454 e. The van der Waals surface area contributed by atoms with E-state index in [1.54, 1.807) is 11.3 Å². The first-order valence-corrected chi connectivity index (χ1v) is 7.50. The van der Waals surface area contributed by atoms with E-state index in [4.69, 9.17) is 17.3 Å². The topological polar surface area (TPSA) is 26.0 Å². The zero-order valence-electron chi connectivity index (χ0n) is 9.20. The Balaban J connectivity index is 2.04. The number of thiophene rings is 1. The van der Waals surface area contributed by atoms with Crippen LogP contribution in [0, 0.1) is 0 Å². The highest BCUT2D eigenvalue weighted by Gasteiger charge is 2.10. The van der Waals surface area contributed by atoms with Gasteiger partial charge in [0.05, 0.1) is 0 Å². The maximum absolute atomic E-state index is 6.18. The largest absolute Gasteiger partial charge is 0.324 e. The molecule has 0 aliphatic heterocycles. The molecule has 17 heavy (non-hydrogen) atoms. The van der Waals surface area contributed by atoms with Crippen LogP contribution in [0.4, 0.5) is 0 Å². The Morgan fingerprint density at radius 1 is 1.35 bits per heavy atom. The summed E-state index contributed by atoms with van der Waals surface area (Å²) in [6, 6.07) is 7.93. The molecule has 0 bridgehead atoms. The molecule has 0 radical (unpaired) electrons. The molecule has 1 heterocycles. The zero-order valence-corrected chi connectivity index (χ0v) is 12.4. The van der Waals surface area contributed by atoms with Crippen molar-refractivity contribution in [1.82, 2.24) is 0 Å². The second kappa shape index (κ2) is 6.01. The van der Waals surface area contributed by atoms with Gasteiger partial charge in [-0.25, -0.2) is 0 Å². The first kappa shape index (κ1) is 13.1. The van der Waals surface area contributed by atoms with E-state index >= 15 is 0 Å². The van der Waals surface area contributed by atoms with Gasteiger partial charge in [-0.3, -0.25) is 0 Å². The molecule has 1 unspecified atom stereocenters. The van der Waals surface area contributed by atoms with Gasteiger partial charge in [-0.1, -0.05) is 27.5 Å². The monoisotopic (exact) mass is 329 g/mol. The first-order valence-electron chi connectivity index (χ1n) is 5.38. The summed E-state index contributed by atoms with van der Waals surface area (Å²) in [5.41, 5.74) is 8.53. The normalized spacial score (nSPS) is 12.6. The molecule has 0 aliphatic carbocycles. The number of hydrogen-bond donors (Lipinski definition) is 1. The Kier molecular flexibility index (Phi) is 4.62. The minimum absolute atomic E-state index is 0.0140. The third-order valence-electron chi connectivity index (χ3n) is 2.68. The van der Waals surface area contributed by atoms with Gasteiger partial charge >= 0.3 is 0 Å². The summed E-state index contributed by atoms with van der Waals surface area (Å²) in [4.78, 5) is 0. The van der Waals surface area contributed by atoms with Gasteiger partial charge in [0.15, 0.2) is 0 Å². The summed E-state index contributed by atoms with van der Waals surface area (Å²) >= 11 is 11.3. The van der Waals surface area contributed by atoms with Crippen molar-refractivity contribution in [3.8, 4) is 0 Å². The van der Waals surface area contributed by atoms with Crippen molar-refractivity contribution in [2.24, 2.45) is 5.73 Å². The fourth-order valence-corrected chi connectivity index (χ4v) is 3.05. The maximum atomic E-state index is 6.18. The van der Waals surface area contributed by atoms with Crippen LogP contribution in [0.15, 0.2) is 39.5 Å². The SMILES string of the molecule is NC(CCc1ccsc1)c1cc(Br)ccc1Cl. The highest BCUT2D eigenvalue weighted by molar-refractivity contribution is 9.10. The molecule has 1 nitrogen and oxygen atoms in total. The quantitative estimate of drug-likeness (QED) is 0.856. The Bertz CT molecular complexity index is 484. The predicted octanol–water partition coefficient (Wildman–Crippen LogP) is 4.80. The minimum atomic E-state index is -0.0140. The van der Waals surface area contributed by atoms with Crippen molar-refractivity contribution >= 4 is 38.9 Å². The fraction of sp³-hybridized carbons (Fsp3) is 0.231. The Hall–Kier alpha value is -0.350. The molecule has 4 heteroatoms. The molecular weight excluding hydrogens is 318 g/mol. The van der Waals surface area contributed by atoms with Gasteiger partial charge in [-0.05, 0) is 59.0 Å². The van der Waals surface area contributed by atoms with E-state index in [1.807, 2.05) is 18.2 Å². The number of benzene rings is 1. The van der Waals surface area contributed by atoms with Crippen molar-refractivity contribution in [2.45, 2.75) is 18.9 Å². The molecule has 0 aliphatic rings. The summed E-state index contributed by atoms with van der Waals surface area (Å²) in [7, 11) is 0. The molecule has 0 saturated carbocycles. The summed E-state index contributed by atoms with van der Waals surface area (Å²) in [6.45, 7) is 0. The molecule has 0 fully saturated rings. The van der Waals surface area contributed by atoms with Crippen molar-refractivity contribution in [2.75, 3.05) is 0 Å². The van der Waals surface area contributed by atoms with Gasteiger partial charge in [0.25, 0.3) is 0 Å². The predicted molar refractivity (Wildman–Crippen MR) is 78.7 cm³/mol. The summed E-state index contributed by atoms with van der Waals surface area (Å²) < 4.78 is 1.02. The van der Waals surface area contributed by atoms with Crippen LogP contribution >= 0.6 is 38.9 Å². The van der Waals surface area contributed by atoms with E-state index in [9.17, 15) is 0 Å². The smallest absolute Gasteiger partial charge is 0.0454 e. The molecular formula is C13H13BrClNS. The van der Waals surface area contributed by atoms with Crippen LogP contribution in [-0.4, -0.2) is 0 Å². The zero-order chi connectivity index (χ0) is 12.3. The van der Waals surface area contributed by atoms with E-state index in [0.717, 1.165) is 27.9 Å². The fourth-order valence-electron chi connectivity index (χ4n) is 1.71. The van der Waals surface area contributed by atoms with Crippen molar-refractivity contribution in [3.63, 3.8) is 0 Å². The average molecular weight is 331 g/mol. The van der Waals surface area contributed by atoms with Gasteiger partial charge < -0.3 is 5.73 Å². The average Bonchev–Trinajstić information content (AvgIpc) is 2.82. The second-order valence-electron chi connectivity index (χ2n) is 3.94. The highest BCUT2D eigenvalue weighted by atomic mass is 79.9. The molecule has 0 amide bonds. The van der Waals surface area contributed by atoms with Crippen LogP contribution in [0.25, 0.3) is 0 Å². The number of hydrogen-bond acceptors (Lipinski definition) is 2. The Morgan fingerprint density at radius 3 is 2.88 bits per heavy atom. The van der Waals surface area contributed by atoms with Crippen LogP contribution in [0.1, 0.15) is 23.6 Å². The number of halogens is 2. The molecule has 2 N–H and O–H groups in total. The van der Waals surface area contributed by atoms with Crippen LogP contribution in [0.5, 0.6) is 0 Å². The summed E-state index contributed by atoms with van der Waals surface area (Å²) in [5, 5.41) is 4.99. The van der Waals surface area contributed by atoms with Gasteiger partial charge in [-0.15, -0.1) is 0 Å². The molecule has 1 aromatic carbocycles. The lowest BCUT2D eigenvalue weighted by molar-refractivity contribution is 0.652. The van der Waals surface area contributed by atoms with Crippen LogP contribution in [0.2, 0.25) is 5.02 Å². The second-order valence-corrected chi connectivity index (χ2v) is 6.05. The third-order valence-corrected chi connectivity index (χ3v) is 4.25. The molecule has 0 spiro atoms. The van der Waals surface area contributed by atoms with Crippen molar-refractivity contribution in [3.05, 3.63) is 55.6 Å². The van der Waals surface area contributed by atoms with Gasteiger partial charge in [0, 0.05) is 15.5 Å². The Morgan fingerprint density at radius 2 is 2.18 bits per heavy atom.